The number of aromatic nitrogens is 1. The molecule has 66 valence electrons. The monoisotopic (exact) mass is 188 g/mol. The smallest absolute Gasteiger partial charge is 0.356 e. The third-order valence-corrected chi connectivity index (χ3v) is 1.18. The van der Waals surface area contributed by atoms with E-state index in [0.29, 0.717) is 5.69 Å². The normalized spacial score (nSPS) is 8.42. The number of carbonyl (C=O) groups is 1. The van der Waals surface area contributed by atoms with Gasteiger partial charge < -0.3 is 10.5 Å². The van der Waals surface area contributed by atoms with Crippen LogP contribution in [0.4, 0.5) is 5.69 Å². The number of hydrogen-bond donors (Lipinski definition) is 1. The van der Waals surface area contributed by atoms with Crippen molar-refractivity contribution in [3.8, 4) is 0 Å². The second kappa shape index (κ2) is 4.56. The molecule has 0 saturated heterocycles. The highest BCUT2D eigenvalue weighted by atomic mass is 35.5. The Bertz CT molecular complexity index is 261. The average Bonchev–Trinajstić information content (AvgIpc) is 2.05. The second-order valence-electron chi connectivity index (χ2n) is 1.97. The summed E-state index contributed by atoms with van der Waals surface area (Å²) in [4.78, 5) is 14.5. The molecule has 4 nitrogen and oxygen atoms in total. The number of anilines is 1. The lowest BCUT2D eigenvalue weighted by atomic mass is 10.3. The molecule has 1 rings (SSSR count). The molecular formula is C7H9ClN2O2. The van der Waals surface area contributed by atoms with Gasteiger partial charge in [0.2, 0.25) is 0 Å². The Labute approximate surface area is 76.1 Å². The maximum atomic E-state index is 10.8. The molecule has 0 spiro atoms. The molecule has 12 heavy (non-hydrogen) atoms. The van der Waals surface area contributed by atoms with E-state index in [2.05, 4.69) is 9.72 Å². The van der Waals surface area contributed by atoms with Crippen LogP contribution in [-0.2, 0) is 4.74 Å². The van der Waals surface area contributed by atoms with E-state index in [9.17, 15) is 4.79 Å². The van der Waals surface area contributed by atoms with Crippen LogP contribution in [0.3, 0.4) is 0 Å². The predicted molar refractivity (Wildman–Crippen MR) is 47.2 cm³/mol. The van der Waals surface area contributed by atoms with Crippen molar-refractivity contribution in [2.24, 2.45) is 0 Å². The third-order valence-electron chi connectivity index (χ3n) is 1.18. The van der Waals surface area contributed by atoms with E-state index in [1.54, 1.807) is 6.07 Å². The van der Waals surface area contributed by atoms with Gasteiger partial charge in [-0.05, 0) is 12.1 Å². The zero-order valence-corrected chi connectivity index (χ0v) is 7.30. The van der Waals surface area contributed by atoms with Crippen molar-refractivity contribution in [1.29, 1.82) is 0 Å². The number of nitrogen functional groups attached to an aromatic ring is 1. The largest absolute Gasteiger partial charge is 0.464 e. The SMILES string of the molecule is COC(=O)c1ccc(N)cn1.Cl. The van der Waals surface area contributed by atoms with Gasteiger partial charge in [-0.25, -0.2) is 9.78 Å². The summed E-state index contributed by atoms with van der Waals surface area (Å²) in [7, 11) is 1.31. The van der Waals surface area contributed by atoms with E-state index >= 15 is 0 Å². The van der Waals surface area contributed by atoms with Crippen molar-refractivity contribution in [3.05, 3.63) is 24.0 Å². The molecule has 0 aliphatic carbocycles. The molecule has 0 bridgehead atoms. The van der Waals surface area contributed by atoms with Gasteiger partial charge in [-0.2, -0.15) is 0 Å². The number of rotatable bonds is 1. The summed E-state index contributed by atoms with van der Waals surface area (Å²) in [5.41, 5.74) is 6.14. The maximum Gasteiger partial charge on any atom is 0.356 e. The topological polar surface area (TPSA) is 65.2 Å². The number of ether oxygens (including phenoxy) is 1. The van der Waals surface area contributed by atoms with Crippen molar-refractivity contribution in [1.82, 2.24) is 4.98 Å². The van der Waals surface area contributed by atoms with E-state index in [4.69, 9.17) is 5.73 Å². The lowest BCUT2D eigenvalue weighted by molar-refractivity contribution is 0.0594. The molecule has 1 aromatic rings. The number of carbonyl (C=O) groups excluding carboxylic acids is 1. The third kappa shape index (κ3) is 2.39. The van der Waals surface area contributed by atoms with Gasteiger partial charge in [0.05, 0.1) is 19.0 Å². The number of halogens is 1. The van der Waals surface area contributed by atoms with Crippen molar-refractivity contribution < 1.29 is 9.53 Å². The van der Waals surface area contributed by atoms with Crippen LogP contribution in [0, 0.1) is 0 Å². The van der Waals surface area contributed by atoms with Gasteiger partial charge >= 0.3 is 5.97 Å². The second-order valence-corrected chi connectivity index (χ2v) is 1.97. The minimum atomic E-state index is -0.454. The molecule has 5 heteroatoms. The molecule has 2 N–H and O–H groups in total. The van der Waals surface area contributed by atoms with Gasteiger partial charge in [0.25, 0.3) is 0 Å². The lowest BCUT2D eigenvalue weighted by Gasteiger charge is -1.96. The summed E-state index contributed by atoms with van der Waals surface area (Å²) in [6.07, 6.45) is 1.41. The highest BCUT2D eigenvalue weighted by Crippen LogP contribution is 2.01. The summed E-state index contributed by atoms with van der Waals surface area (Å²) < 4.78 is 4.43. The Balaban J connectivity index is 0.00000121. The fraction of sp³-hybridized carbons (Fsp3) is 0.143. The number of pyridine rings is 1. The highest BCUT2D eigenvalue weighted by Gasteiger charge is 2.04. The molecular weight excluding hydrogens is 180 g/mol. The molecule has 0 aliphatic heterocycles. The lowest BCUT2D eigenvalue weighted by Crippen LogP contribution is -2.03. The summed E-state index contributed by atoms with van der Waals surface area (Å²) in [6.45, 7) is 0. The first-order valence-electron chi connectivity index (χ1n) is 3.04. The van der Waals surface area contributed by atoms with Crippen LogP contribution in [0.5, 0.6) is 0 Å². The number of hydrogen-bond acceptors (Lipinski definition) is 4. The molecule has 0 fully saturated rings. The molecule has 0 atom stereocenters. The molecule has 1 aromatic heterocycles. The Kier molecular flexibility index (Phi) is 4.07. The van der Waals surface area contributed by atoms with Crippen molar-refractivity contribution >= 4 is 24.1 Å². The molecule has 0 radical (unpaired) electrons. The van der Waals surface area contributed by atoms with Crippen LogP contribution in [0.15, 0.2) is 18.3 Å². The fourth-order valence-corrected chi connectivity index (χ4v) is 0.631. The van der Waals surface area contributed by atoms with E-state index in [1.165, 1.54) is 19.4 Å². The molecule has 0 aromatic carbocycles. The first kappa shape index (κ1) is 10.7. The van der Waals surface area contributed by atoms with Gasteiger partial charge in [-0.3, -0.25) is 0 Å². The number of esters is 1. The summed E-state index contributed by atoms with van der Waals surface area (Å²) in [5, 5.41) is 0. The van der Waals surface area contributed by atoms with Crippen LogP contribution in [0.2, 0.25) is 0 Å². The Morgan fingerprint density at radius 1 is 1.58 bits per heavy atom. The van der Waals surface area contributed by atoms with Gasteiger partial charge in [0, 0.05) is 0 Å². The highest BCUT2D eigenvalue weighted by molar-refractivity contribution is 5.87. The van der Waals surface area contributed by atoms with E-state index in [-0.39, 0.29) is 18.1 Å². The quantitative estimate of drug-likeness (QED) is 0.665. The predicted octanol–water partition coefficient (Wildman–Crippen LogP) is 0.872. The zero-order valence-electron chi connectivity index (χ0n) is 6.48. The summed E-state index contributed by atoms with van der Waals surface area (Å²) in [5.74, 6) is -0.454. The van der Waals surface area contributed by atoms with E-state index in [1.807, 2.05) is 0 Å². The van der Waals surface area contributed by atoms with Crippen LogP contribution < -0.4 is 5.73 Å². The van der Waals surface area contributed by atoms with Crippen LogP contribution in [0.25, 0.3) is 0 Å². The van der Waals surface area contributed by atoms with E-state index in [0.717, 1.165) is 0 Å². The van der Waals surface area contributed by atoms with Gasteiger partial charge in [0.15, 0.2) is 0 Å². The Morgan fingerprint density at radius 3 is 2.67 bits per heavy atom. The first-order chi connectivity index (χ1) is 5.24. The van der Waals surface area contributed by atoms with Crippen LogP contribution >= 0.6 is 12.4 Å². The first-order valence-corrected chi connectivity index (χ1v) is 3.04. The molecule has 0 aliphatic rings. The van der Waals surface area contributed by atoms with Crippen molar-refractivity contribution in [2.45, 2.75) is 0 Å². The van der Waals surface area contributed by atoms with Crippen molar-refractivity contribution in [3.63, 3.8) is 0 Å². The van der Waals surface area contributed by atoms with Gasteiger partial charge in [0.1, 0.15) is 5.69 Å². The fourth-order valence-electron chi connectivity index (χ4n) is 0.631. The molecule has 0 amide bonds. The minimum absolute atomic E-state index is 0. The molecule has 1 heterocycles. The minimum Gasteiger partial charge on any atom is -0.464 e. The number of nitrogens with two attached hydrogens (primary N) is 1. The van der Waals surface area contributed by atoms with Crippen LogP contribution in [0.1, 0.15) is 10.5 Å². The number of methoxy groups -OCH3 is 1. The standard InChI is InChI=1S/C7H8N2O2.ClH/c1-11-7(10)6-3-2-5(8)4-9-6;/h2-4H,8H2,1H3;1H. The maximum absolute atomic E-state index is 10.8. The summed E-state index contributed by atoms with van der Waals surface area (Å²) in [6, 6.07) is 3.11. The molecule has 0 unspecified atom stereocenters. The van der Waals surface area contributed by atoms with E-state index < -0.39 is 5.97 Å². The Hall–Kier alpha value is -1.29. The zero-order chi connectivity index (χ0) is 8.27. The Morgan fingerprint density at radius 2 is 2.25 bits per heavy atom. The summed E-state index contributed by atoms with van der Waals surface area (Å²) >= 11 is 0. The van der Waals surface area contributed by atoms with Crippen molar-refractivity contribution in [2.75, 3.05) is 12.8 Å². The van der Waals surface area contributed by atoms with Gasteiger partial charge in [-0.15, -0.1) is 12.4 Å². The molecule has 0 saturated carbocycles. The van der Waals surface area contributed by atoms with Crippen LogP contribution in [-0.4, -0.2) is 18.1 Å². The number of nitrogens with zero attached hydrogens (tertiary/aromatic N) is 1. The average molecular weight is 189 g/mol. The van der Waals surface area contributed by atoms with Gasteiger partial charge in [-0.1, -0.05) is 0 Å².